The average Bonchev–Trinajstić information content (AvgIpc) is 2.50. The molecule has 0 unspecified atom stereocenters. The molecule has 0 saturated carbocycles. The molecule has 0 radical (unpaired) electrons. The van der Waals surface area contributed by atoms with Crippen LogP contribution in [0.15, 0.2) is 12.3 Å². The number of allylic oxidation sites excluding steroid dienone is 1. The summed E-state index contributed by atoms with van der Waals surface area (Å²) in [6.45, 7) is 8.22. The summed E-state index contributed by atoms with van der Waals surface area (Å²) in [5.74, 6) is 3.58. The molecule has 0 aromatic rings. The lowest BCUT2D eigenvalue weighted by atomic mass is 10.3. The molecule has 128 valence electrons. The zero-order valence-electron chi connectivity index (χ0n) is 13.6. The highest BCUT2D eigenvalue weighted by atomic mass is 32.2. The lowest BCUT2D eigenvalue weighted by Gasteiger charge is -2.13. The van der Waals surface area contributed by atoms with Crippen LogP contribution in [0.4, 0.5) is 0 Å². The Labute approximate surface area is 136 Å². The maximum Gasteiger partial charge on any atom is 0.356 e. The van der Waals surface area contributed by atoms with Gasteiger partial charge in [-0.15, -0.1) is 0 Å². The number of carbonyl (C=O) groups excluding carboxylic acids is 1. The molecule has 1 heterocycles. The van der Waals surface area contributed by atoms with Gasteiger partial charge in [0.25, 0.3) is 0 Å². The molecule has 1 aliphatic rings. The van der Waals surface area contributed by atoms with Crippen LogP contribution < -0.4 is 0 Å². The third kappa shape index (κ3) is 10.9. The van der Waals surface area contributed by atoms with Crippen molar-refractivity contribution in [3.8, 4) is 0 Å². The Bertz CT molecular complexity index is 316. The van der Waals surface area contributed by atoms with Gasteiger partial charge in [0.1, 0.15) is 24.7 Å². The Balaban J connectivity index is 1.82. The van der Waals surface area contributed by atoms with E-state index in [2.05, 4.69) is 6.58 Å². The first-order valence-electron chi connectivity index (χ1n) is 7.92. The highest BCUT2D eigenvalue weighted by Gasteiger charge is 2.25. The molecule has 1 rings (SSSR count). The van der Waals surface area contributed by atoms with Crippen molar-refractivity contribution in [1.29, 1.82) is 0 Å². The van der Waals surface area contributed by atoms with Gasteiger partial charge >= 0.3 is 5.97 Å². The normalized spacial score (nSPS) is 15.5. The van der Waals surface area contributed by atoms with E-state index in [1.807, 2.05) is 0 Å². The number of esters is 1. The van der Waals surface area contributed by atoms with Crippen molar-refractivity contribution in [2.24, 2.45) is 0 Å². The van der Waals surface area contributed by atoms with Crippen LogP contribution in [0.3, 0.4) is 0 Å². The monoisotopic (exact) mass is 333 g/mol. The van der Waals surface area contributed by atoms with Crippen LogP contribution >= 0.6 is 0 Å². The van der Waals surface area contributed by atoms with Gasteiger partial charge < -0.3 is 18.9 Å². The van der Waals surface area contributed by atoms with Crippen LogP contribution in [-0.4, -0.2) is 62.9 Å². The van der Waals surface area contributed by atoms with Crippen molar-refractivity contribution in [3.05, 3.63) is 12.3 Å². The van der Waals surface area contributed by atoms with Gasteiger partial charge in [-0.05, 0) is 37.1 Å². The van der Waals surface area contributed by atoms with Crippen molar-refractivity contribution in [2.45, 2.75) is 26.2 Å². The summed E-state index contributed by atoms with van der Waals surface area (Å²) in [4.78, 5) is 11.7. The van der Waals surface area contributed by atoms with E-state index in [4.69, 9.17) is 18.9 Å². The van der Waals surface area contributed by atoms with Gasteiger partial charge in [0, 0.05) is 0 Å². The van der Waals surface area contributed by atoms with Gasteiger partial charge in [0.2, 0.25) is 5.75 Å². The van der Waals surface area contributed by atoms with E-state index in [0.29, 0.717) is 51.2 Å². The van der Waals surface area contributed by atoms with Crippen molar-refractivity contribution in [1.82, 2.24) is 0 Å². The molecule has 5 nitrogen and oxygen atoms in total. The maximum absolute atomic E-state index is 11.7. The molecule has 0 amide bonds. The topological polar surface area (TPSA) is 54.0 Å². The lowest BCUT2D eigenvalue weighted by Crippen LogP contribution is -2.27. The zero-order chi connectivity index (χ0) is 16.0. The fraction of sp³-hybridized carbons (Fsp3) is 0.812. The molecule has 0 aromatic heterocycles. The summed E-state index contributed by atoms with van der Waals surface area (Å²) in [7, 11) is 0.255. The van der Waals surface area contributed by atoms with Crippen LogP contribution in [0.5, 0.6) is 0 Å². The number of hydrogen-bond donors (Lipinski definition) is 0. The largest absolute Gasteiger partial charge is 0.496 e. The first kappa shape index (κ1) is 19.3. The molecule has 0 bridgehead atoms. The molecule has 0 N–H and O–H groups in total. The maximum atomic E-state index is 11.7. The minimum atomic E-state index is -0.0815. The van der Waals surface area contributed by atoms with Gasteiger partial charge in [-0.3, -0.25) is 0 Å². The summed E-state index contributed by atoms with van der Waals surface area (Å²) in [5.41, 5.74) is 0. The van der Waals surface area contributed by atoms with Gasteiger partial charge in [-0.25, -0.2) is 4.79 Å². The van der Waals surface area contributed by atoms with Crippen LogP contribution in [0.2, 0.25) is 0 Å². The second-order valence-electron chi connectivity index (χ2n) is 5.22. The predicted molar refractivity (Wildman–Crippen MR) is 89.2 cm³/mol. The van der Waals surface area contributed by atoms with E-state index in [1.54, 1.807) is 6.92 Å². The van der Waals surface area contributed by atoms with Gasteiger partial charge in [0.05, 0.1) is 32.2 Å². The Kier molecular flexibility index (Phi) is 11.2. The van der Waals surface area contributed by atoms with Gasteiger partial charge in [-0.1, -0.05) is 6.58 Å². The van der Waals surface area contributed by atoms with E-state index in [-0.39, 0.29) is 16.9 Å². The fourth-order valence-corrected chi connectivity index (χ4v) is 4.19. The third-order valence-electron chi connectivity index (χ3n) is 3.13. The number of hydrogen-bond acceptors (Lipinski definition) is 5. The first-order valence-corrected chi connectivity index (χ1v) is 9.65. The highest BCUT2D eigenvalue weighted by molar-refractivity contribution is 7.97. The van der Waals surface area contributed by atoms with Crippen molar-refractivity contribution >= 4 is 16.9 Å². The number of carbonyl (C=O) groups is 1. The Hall–Kier alpha value is -0.720. The molecule has 0 atom stereocenters. The molecule has 0 aliphatic carbocycles. The fourth-order valence-electron chi connectivity index (χ4n) is 2.06. The summed E-state index contributed by atoms with van der Waals surface area (Å²) in [6, 6.07) is 0. The SMILES string of the molecule is C=C(C)OCCOCCOCCOC(=O)C[S+]1CCCCC1. The molecule has 0 spiro atoms. The predicted octanol–water partition coefficient (Wildman–Crippen LogP) is 1.92. The second kappa shape index (κ2) is 12.8. The third-order valence-corrected chi connectivity index (χ3v) is 5.50. The van der Waals surface area contributed by atoms with E-state index < -0.39 is 0 Å². The molecule has 0 aromatic carbocycles. The van der Waals surface area contributed by atoms with Gasteiger partial charge in [0.15, 0.2) is 0 Å². The molecule has 1 saturated heterocycles. The average molecular weight is 333 g/mol. The van der Waals surface area contributed by atoms with Crippen LogP contribution in [-0.2, 0) is 34.6 Å². The molecule has 22 heavy (non-hydrogen) atoms. The zero-order valence-corrected chi connectivity index (χ0v) is 14.5. The minimum Gasteiger partial charge on any atom is -0.496 e. The standard InChI is InChI=1S/C16H29O5S/c1-15(2)20-10-8-18-6-7-19-9-11-21-16(17)14-22-12-4-3-5-13-22/h1,3-14H2,2H3/q+1. The molecular formula is C16H29O5S+. The Morgan fingerprint density at radius 3 is 2.05 bits per heavy atom. The molecule has 1 aliphatic heterocycles. The van der Waals surface area contributed by atoms with Gasteiger partial charge in [-0.2, -0.15) is 0 Å². The smallest absolute Gasteiger partial charge is 0.356 e. The lowest BCUT2D eigenvalue weighted by molar-refractivity contribution is -0.142. The first-order chi connectivity index (χ1) is 10.7. The van der Waals surface area contributed by atoms with Crippen LogP contribution in [0.25, 0.3) is 0 Å². The Morgan fingerprint density at radius 2 is 1.45 bits per heavy atom. The summed E-state index contributed by atoms with van der Waals surface area (Å²) < 4.78 is 21.0. The highest BCUT2D eigenvalue weighted by Crippen LogP contribution is 2.13. The second-order valence-corrected chi connectivity index (χ2v) is 7.55. The van der Waals surface area contributed by atoms with Crippen LogP contribution in [0, 0.1) is 0 Å². The van der Waals surface area contributed by atoms with Crippen LogP contribution in [0.1, 0.15) is 26.2 Å². The summed E-state index contributed by atoms with van der Waals surface area (Å²) >= 11 is 0. The quantitative estimate of drug-likeness (QED) is 0.236. The van der Waals surface area contributed by atoms with E-state index >= 15 is 0 Å². The van der Waals surface area contributed by atoms with E-state index in [1.165, 1.54) is 30.8 Å². The van der Waals surface area contributed by atoms with Crippen molar-refractivity contribution in [2.75, 3.05) is 56.9 Å². The Morgan fingerprint density at radius 1 is 0.909 bits per heavy atom. The molecule has 6 heteroatoms. The molecule has 1 fully saturated rings. The van der Waals surface area contributed by atoms with Crippen molar-refractivity contribution in [3.63, 3.8) is 0 Å². The minimum absolute atomic E-state index is 0.0815. The summed E-state index contributed by atoms with van der Waals surface area (Å²) in [6.07, 6.45) is 3.83. The van der Waals surface area contributed by atoms with Crippen molar-refractivity contribution < 1.29 is 23.7 Å². The van der Waals surface area contributed by atoms with E-state index in [9.17, 15) is 4.79 Å². The van der Waals surface area contributed by atoms with E-state index in [0.717, 1.165) is 0 Å². The number of rotatable bonds is 12. The molecular weight excluding hydrogens is 304 g/mol. The summed E-state index contributed by atoms with van der Waals surface area (Å²) in [5, 5.41) is 0. The number of ether oxygens (including phenoxy) is 4.